The zero-order valence-electron chi connectivity index (χ0n) is 8.11. The molecule has 0 aromatic carbocycles. The van der Waals surface area contributed by atoms with Crippen LogP contribution in [-0.4, -0.2) is 15.0 Å². The molecule has 15 heavy (non-hydrogen) atoms. The summed E-state index contributed by atoms with van der Waals surface area (Å²) in [6, 6.07) is 3.89. The first-order valence-electron chi connectivity index (χ1n) is 4.41. The summed E-state index contributed by atoms with van der Waals surface area (Å²) in [6.45, 7) is 1.95. The zero-order valence-corrected chi connectivity index (χ0v) is 10.3. The van der Waals surface area contributed by atoms with Gasteiger partial charge in [-0.25, -0.2) is 9.97 Å². The molecular formula is C10H9IN4. The Morgan fingerprint density at radius 1 is 1.07 bits per heavy atom. The highest BCUT2D eigenvalue weighted by atomic mass is 127. The highest BCUT2D eigenvalue weighted by molar-refractivity contribution is 14.1. The van der Waals surface area contributed by atoms with E-state index in [0.29, 0.717) is 5.95 Å². The molecule has 0 aliphatic rings. The van der Waals surface area contributed by atoms with Crippen molar-refractivity contribution in [3.05, 3.63) is 40.0 Å². The van der Waals surface area contributed by atoms with E-state index < -0.39 is 0 Å². The van der Waals surface area contributed by atoms with Crippen molar-refractivity contribution in [3.63, 3.8) is 0 Å². The van der Waals surface area contributed by atoms with Crippen LogP contribution in [0.1, 0.15) is 5.69 Å². The van der Waals surface area contributed by atoms with Crippen LogP contribution in [0.2, 0.25) is 0 Å². The minimum Gasteiger partial charge on any atom is -0.323 e. The topological polar surface area (TPSA) is 50.7 Å². The van der Waals surface area contributed by atoms with Crippen molar-refractivity contribution in [2.75, 3.05) is 5.32 Å². The first-order valence-corrected chi connectivity index (χ1v) is 5.49. The van der Waals surface area contributed by atoms with Gasteiger partial charge in [-0.05, 0) is 41.6 Å². The lowest BCUT2D eigenvalue weighted by Gasteiger charge is -2.03. The smallest absolute Gasteiger partial charge is 0.227 e. The van der Waals surface area contributed by atoms with Crippen molar-refractivity contribution >= 4 is 34.2 Å². The molecule has 2 aromatic heterocycles. The minimum absolute atomic E-state index is 0.584. The van der Waals surface area contributed by atoms with Gasteiger partial charge >= 0.3 is 0 Å². The van der Waals surface area contributed by atoms with Gasteiger partial charge < -0.3 is 5.32 Å². The number of hydrogen-bond donors (Lipinski definition) is 1. The summed E-state index contributed by atoms with van der Waals surface area (Å²) in [5.74, 6) is 0.584. The molecule has 76 valence electrons. The number of nitrogens with one attached hydrogen (secondary N) is 1. The third-order valence-corrected chi connectivity index (χ3v) is 2.34. The fourth-order valence-electron chi connectivity index (χ4n) is 1.05. The van der Waals surface area contributed by atoms with Crippen LogP contribution >= 0.6 is 22.6 Å². The van der Waals surface area contributed by atoms with Gasteiger partial charge in [-0.3, -0.25) is 4.98 Å². The van der Waals surface area contributed by atoms with Gasteiger partial charge in [0.15, 0.2) is 0 Å². The standard InChI is InChI=1S/C10H9IN4/c1-7-2-3-9(6-12-7)15-10-13-4-8(11)5-14-10/h2-6H,1H3,(H,13,14,15). The molecule has 0 spiro atoms. The second-order valence-electron chi connectivity index (χ2n) is 3.04. The number of aromatic nitrogens is 3. The van der Waals surface area contributed by atoms with Crippen LogP contribution in [0, 0.1) is 10.5 Å². The predicted molar refractivity (Wildman–Crippen MR) is 67.0 cm³/mol. The van der Waals surface area contributed by atoms with Gasteiger partial charge in [-0.2, -0.15) is 0 Å². The first kappa shape index (κ1) is 10.3. The average molecular weight is 312 g/mol. The summed E-state index contributed by atoms with van der Waals surface area (Å²) in [6.07, 6.45) is 5.28. The van der Waals surface area contributed by atoms with E-state index in [2.05, 4.69) is 42.9 Å². The molecule has 0 aliphatic heterocycles. The molecule has 0 radical (unpaired) electrons. The molecule has 0 aliphatic carbocycles. The predicted octanol–water partition coefficient (Wildman–Crippen LogP) is 2.53. The van der Waals surface area contributed by atoms with Gasteiger partial charge in [-0.15, -0.1) is 0 Å². The Hall–Kier alpha value is -1.24. The largest absolute Gasteiger partial charge is 0.323 e. The normalized spacial score (nSPS) is 10.0. The average Bonchev–Trinajstić information content (AvgIpc) is 2.25. The summed E-state index contributed by atoms with van der Waals surface area (Å²) in [7, 11) is 0. The summed E-state index contributed by atoms with van der Waals surface area (Å²) in [4.78, 5) is 12.5. The van der Waals surface area contributed by atoms with Crippen molar-refractivity contribution in [1.29, 1.82) is 0 Å². The maximum absolute atomic E-state index is 4.17. The number of halogens is 1. The Kier molecular flexibility index (Phi) is 3.10. The monoisotopic (exact) mass is 312 g/mol. The molecule has 2 heterocycles. The van der Waals surface area contributed by atoms with Gasteiger partial charge in [-0.1, -0.05) is 0 Å². The minimum atomic E-state index is 0.584. The van der Waals surface area contributed by atoms with Gasteiger partial charge in [0, 0.05) is 21.7 Å². The lowest BCUT2D eigenvalue weighted by molar-refractivity contribution is 1.14. The summed E-state index contributed by atoms with van der Waals surface area (Å²) in [5, 5.41) is 3.07. The zero-order chi connectivity index (χ0) is 10.7. The van der Waals surface area contributed by atoms with Crippen LogP contribution in [0.5, 0.6) is 0 Å². The molecule has 0 atom stereocenters. The third kappa shape index (κ3) is 2.85. The van der Waals surface area contributed by atoms with Gasteiger partial charge in [0.25, 0.3) is 0 Å². The summed E-state index contributed by atoms with van der Waals surface area (Å²) >= 11 is 2.17. The van der Waals surface area contributed by atoms with E-state index in [1.165, 1.54) is 0 Å². The highest BCUT2D eigenvalue weighted by Gasteiger charge is 1.97. The van der Waals surface area contributed by atoms with E-state index in [4.69, 9.17) is 0 Å². The third-order valence-electron chi connectivity index (χ3n) is 1.79. The SMILES string of the molecule is Cc1ccc(Nc2ncc(I)cn2)cn1. The van der Waals surface area contributed by atoms with Crippen LogP contribution in [0.4, 0.5) is 11.6 Å². The van der Waals surface area contributed by atoms with E-state index in [9.17, 15) is 0 Å². The molecule has 0 amide bonds. The molecule has 2 aromatic rings. The fourth-order valence-corrected chi connectivity index (χ4v) is 1.33. The van der Waals surface area contributed by atoms with E-state index in [0.717, 1.165) is 15.0 Å². The van der Waals surface area contributed by atoms with Gasteiger partial charge in [0.05, 0.1) is 11.9 Å². The first-order chi connectivity index (χ1) is 7.24. The number of pyridine rings is 1. The van der Waals surface area contributed by atoms with Crippen molar-refractivity contribution < 1.29 is 0 Å². The van der Waals surface area contributed by atoms with Crippen LogP contribution in [-0.2, 0) is 0 Å². The highest BCUT2D eigenvalue weighted by Crippen LogP contribution is 2.11. The van der Waals surface area contributed by atoms with E-state index in [1.807, 2.05) is 19.1 Å². The molecule has 5 heteroatoms. The van der Waals surface area contributed by atoms with Crippen molar-refractivity contribution in [2.45, 2.75) is 6.92 Å². The molecular weight excluding hydrogens is 303 g/mol. The lowest BCUT2D eigenvalue weighted by Crippen LogP contribution is -1.97. The van der Waals surface area contributed by atoms with Crippen molar-refractivity contribution in [2.24, 2.45) is 0 Å². The Labute approximate surface area is 101 Å². The molecule has 1 N–H and O–H groups in total. The lowest BCUT2D eigenvalue weighted by atomic mass is 10.3. The molecule has 0 bridgehead atoms. The van der Waals surface area contributed by atoms with E-state index in [1.54, 1.807) is 18.6 Å². The summed E-state index contributed by atoms with van der Waals surface area (Å²) < 4.78 is 1.01. The van der Waals surface area contributed by atoms with Crippen LogP contribution < -0.4 is 5.32 Å². The Bertz CT molecular complexity index is 394. The molecule has 2 rings (SSSR count). The van der Waals surface area contributed by atoms with Crippen LogP contribution in [0.25, 0.3) is 0 Å². The maximum Gasteiger partial charge on any atom is 0.227 e. The second-order valence-corrected chi connectivity index (χ2v) is 4.28. The van der Waals surface area contributed by atoms with E-state index in [-0.39, 0.29) is 0 Å². The Morgan fingerprint density at radius 3 is 2.40 bits per heavy atom. The van der Waals surface area contributed by atoms with Crippen LogP contribution in [0.3, 0.4) is 0 Å². The van der Waals surface area contributed by atoms with E-state index >= 15 is 0 Å². The summed E-state index contributed by atoms with van der Waals surface area (Å²) in [5.41, 5.74) is 1.88. The molecule has 4 nitrogen and oxygen atoms in total. The van der Waals surface area contributed by atoms with Gasteiger partial charge in [0.2, 0.25) is 5.95 Å². The Morgan fingerprint density at radius 2 is 1.80 bits per heavy atom. The number of hydrogen-bond acceptors (Lipinski definition) is 4. The number of anilines is 2. The van der Waals surface area contributed by atoms with Crippen molar-refractivity contribution in [3.8, 4) is 0 Å². The molecule has 0 saturated heterocycles. The number of rotatable bonds is 2. The fraction of sp³-hybridized carbons (Fsp3) is 0.100. The Balaban J connectivity index is 2.15. The van der Waals surface area contributed by atoms with Crippen molar-refractivity contribution in [1.82, 2.24) is 15.0 Å². The number of nitrogens with zero attached hydrogens (tertiary/aromatic N) is 3. The maximum atomic E-state index is 4.17. The molecule has 0 saturated carbocycles. The molecule has 0 fully saturated rings. The quantitative estimate of drug-likeness (QED) is 0.866. The molecule has 0 unspecified atom stereocenters. The second kappa shape index (κ2) is 4.52. The number of aryl methyl sites for hydroxylation is 1. The van der Waals surface area contributed by atoms with Gasteiger partial charge in [0.1, 0.15) is 0 Å². The van der Waals surface area contributed by atoms with Crippen LogP contribution in [0.15, 0.2) is 30.7 Å².